The maximum absolute atomic E-state index is 13.6. The van der Waals surface area contributed by atoms with Crippen molar-refractivity contribution in [1.29, 1.82) is 0 Å². The van der Waals surface area contributed by atoms with Crippen molar-refractivity contribution in [3.63, 3.8) is 0 Å². The fraction of sp³-hybridized carbons (Fsp3) is 0.143. The van der Waals surface area contributed by atoms with Crippen molar-refractivity contribution in [2.45, 2.75) is 6.42 Å². The number of benzene rings is 2. The normalized spacial score (nSPS) is 10.3. The topological polar surface area (TPSA) is 55.2 Å². The molecule has 20 heavy (non-hydrogen) atoms. The molecule has 0 spiro atoms. The SMILES string of the molecule is O=[N+]([O-])c1ccc(NCCc2ccccc2F)c(F)c1. The molecule has 0 saturated carbocycles. The smallest absolute Gasteiger partial charge is 0.272 e. The minimum absolute atomic E-state index is 0.159. The number of rotatable bonds is 5. The van der Waals surface area contributed by atoms with E-state index in [9.17, 15) is 18.9 Å². The lowest BCUT2D eigenvalue weighted by atomic mass is 10.1. The number of halogens is 2. The van der Waals surface area contributed by atoms with Crippen molar-refractivity contribution in [2.75, 3.05) is 11.9 Å². The van der Waals surface area contributed by atoms with Gasteiger partial charge in [0.1, 0.15) is 5.82 Å². The summed E-state index contributed by atoms with van der Waals surface area (Å²) in [5.41, 5.74) is 0.386. The minimum atomic E-state index is -0.701. The second-order valence-electron chi connectivity index (χ2n) is 4.19. The predicted molar refractivity (Wildman–Crippen MR) is 71.6 cm³/mol. The van der Waals surface area contributed by atoms with E-state index in [0.29, 0.717) is 18.5 Å². The number of hydrogen-bond acceptors (Lipinski definition) is 3. The van der Waals surface area contributed by atoms with Gasteiger partial charge < -0.3 is 5.32 Å². The van der Waals surface area contributed by atoms with Gasteiger partial charge in [-0.05, 0) is 24.1 Å². The molecule has 0 aromatic heterocycles. The zero-order chi connectivity index (χ0) is 14.5. The third kappa shape index (κ3) is 3.28. The van der Waals surface area contributed by atoms with E-state index in [0.717, 1.165) is 6.07 Å². The Kier molecular flexibility index (Phi) is 4.24. The van der Waals surface area contributed by atoms with Gasteiger partial charge in [-0.2, -0.15) is 0 Å². The van der Waals surface area contributed by atoms with Crippen molar-refractivity contribution < 1.29 is 13.7 Å². The number of nitrogens with zero attached hydrogens (tertiary/aromatic N) is 1. The summed E-state index contributed by atoms with van der Waals surface area (Å²) in [6.07, 6.45) is 0.392. The molecule has 104 valence electrons. The van der Waals surface area contributed by atoms with E-state index in [1.54, 1.807) is 18.2 Å². The first-order valence-corrected chi connectivity index (χ1v) is 5.99. The molecule has 6 heteroatoms. The van der Waals surface area contributed by atoms with Gasteiger partial charge in [0.2, 0.25) is 0 Å². The van der Waals surface area contributed by atoms with Gasteiger partial charge >= 0.3 is 0 Å². The zero-order valence-corrected chi connectivity index (χ0v) is 10.5. The lowest BCUT2D eigenvalue weighted by molar-refractivity contribution is -0.385. The highest BCUT2D eigenvalue weighted by atomic mass is 19.1. The Bertz CT molecular complexity index is 632. The summed E-state index contributed by atoms with van der Waals surface area (Å²) in [6.45, 7) is 0.329. The van der Waals surface area contributed by atoms with Gasteiger partial charge in [0.05, 0.1) is 16.7 Å². The van der Waals surface area contributed by atoms with Crippen molar-refractivity contribution in [3.8, 4) is 0 Å². The fourth-order valence-electron chi connectivity index (χ4n) is 1.79. The van der Waals surface area contributed by atoms with Crippen LogP contribution in [0.15, 0.2) is 42.5 Å². The largest absolute Gasteiger partial charge is 0.382 e. The Hall–Kier alpha value is -2.50. The third-order valence-electron chi connectivity index (χ3n) is 2.83. The standard InChI is InChI=1S/C14H12F2N2O2/c15-12-4-2-1-3-10(12)7-8-17-14-6-5-11(18(19)20)9-13(14)16/h1-6,9,17H,7-8H2. The molecule has 0 unspecified atom stereocenters. The second kappa shape index (κ2) is 6.10. The van der Waals surface area contributed by atoms with E-state index in [-0.39, 0.29) is 17.2 Å². The molecule has 0 amide bonds. The highest BCUT2D eigenvalue weighted by molar-refractivity contribution is 5.50. The molecule has 0 saturated heterocycles. The molecule has 2 rings (SSSR count). The maximum atomic E-state index is 13.6. The average Bonchev–Trinajstić information content (AvgIpc) is 2.42. The number of nitro benzene ring substituents is 1. The lowest BCUT2D eigenvalue weighted by Gasteiger charge is -2.08. The number of hydrogen-bond donors (Lipinski definition) is 1. The second-order valence-corrected chi connectivity index (χ2v) is 4.19. The van der Waals surface area contributed by atoms with Crippen molar-refractivity contribution in [1.82, 2.24) is 0 Å². The van der Waals surface area contributed by atoms with Crippen molar-refractivity contribution in [2.24, 2.45) is 0 Å². The number of anilines is 1. The highest BCUT2D eigenvalue weighted by Gasteiger charge is 2.10. The molecule has 0 bridgehead atoms. The van der Waals surface area contributed by atoms with Gasteiger partial charge in [0.25, 0.3) is 5.69 Å². The van der Waals surface area contributed by atoms with Gasteiger partial charge in [0.15, 0.2) is 5.82 Å². The number of nitro groups is 1. The molecule has 1 N–H and O–H groups in total. The van der Waals surface area contributed by atoms with Crippen LogP contribution in [0.3, 0.4) is 0 Å². The molecular formula is C14H12F2N2O2. The summed E-state index contributed by atoms with van der Waals surface area (Å²) in [5, 5.41) is 13.3. The maximum Gasteiger partial charge on any atom is 0.272 e. The molecular weight excluding hydrogens is 266 g/mol. The van der Waals surface area contributed by atoms with Crippen LogP contribution in [0, 0.1) is 21.7 Å². The van der Waals surface area contributed by atoms with Crippen LogP contribution in [0.5, 0.6) is 0 Å². The van der Waals surface area contributed by atoms with Crippen LogP contribution in [-0.4, -0.2) is 11.5 Å². The van der Waals surface area contributed by atoms with E-state index >= 15 is 0 Å². The monoisotopic (exact) mass is 278 g/mol. The van der Waals surface area contributed by atoms with Gasteiger partial charge in [-0.15, -0.1) is 0 Å². The molecule has 0 aliphatic rings. The summed E-state index contributed by atoms with van der Waals surface area (Å²) in [4.78, 5) is 9.82. The summed E-state index contributed by atoms with van der Waals surface area (Å²) >= 11 is 0. The van der Waals surface area contributed by atoms with Gasteiger partial charge in [-0.25, -0.2) is 8.78 Å². The molecule has 2 aromatic rings. The fourth-order valence-corrected chi connectivity index (χ4v) is 1.79. The first-order chi connectivity index (χ1) is 9.58. The van der Waals surface area contributed by atoms with Crippen LogP contribution in [0.4, 0.5) is 20.2 Å². The van der Waals surface area contributed by atoms with E-state index in [4.69, 9.17) is 0 Å². The first-order valence-electron chi connectivity index (χ1n) is 5.99. The van der Waals surface area contributed by atoms with Gasteiger partial charge in [-0.1, -0.05) is 18.2 Å². The van der Waals surface area contributed by atoms with E-state index in [1.165, 1.54) is 18.2 Å². The van der Waals surface area contributed by atoms with Gasteiger partial charge in [0, 0.05) is 12.6 Å². The van der Waals surface area contributed by atoms with Crippen LogP contribution in [0.2, 0.25) is 0 Å². The Labute approximate surface area is 114 Å². The quantitative estimate of drug-likeness (QED) is 0.672. The van der Waals surface area contributed by atoms with Crippen molar-refractivity contribution in [3.05, 3.63) is 69.8 Å². The summed E-state index contributed by atoms with van der Waals surface area (Å²) in [7, 11) is 0. The lowest BCUT2D eigenvalue weighted by Crippen LogP contribution is -2.07. The van der Waals surface area contributed by atoms with E-state index in [1.807, 2.05) is 0 Å². The van der Waals surface area contributed by atoms with Crippen LogP contribution >= 0.6 is 0 Å². The Morgan fingerprint density at radius 3 is 2.50 bits per heavy atom. The third-order valence-corrected chi connectivity index (χ3v) is 2.83. The molecule has 0 aliphatic carbocycles. The average molecular weight is 278 g/mol. The van der Waals surface area contributed by atoms with Crippen LogP contribution in [0.25, 0.3) is 0 Å². The molecule has 0 fully saturated rings. The molecule has 0 aliphatic heterocycles. The zero-order valence-electron chi connectivity index (χ0n) is 10.5. The Morgan fingerprint density at radius 1 is 1.10 bits per heavy atom. The van der Waals surface area contributed by atoms with Crippen LogP contribution < -0.4 is 5.32 Å². The summed E-state index contributed by atoms with van der Waals surface area (Å²) in [6, 6.07) is 9.72. The highest BCUT2D eigenvalue weighted by Crippen LogP contribution is 2.20. The van der Waals surface area contributed by atoms with E-state index in [2.05, 4.69) is 5.32 Å². The number of nitrogens with one attached hydrogen (secondary N) is 1. The first kappa shape index (κ1) is 13.9. The summed E-state index contributed by atoms with van der Waals surface area (Å²) in [5.74, 6) is -1.01. The predicted octanol–water partition coefficient (Wildman–Crippen LogP) is 3.53. The molecule has 2 aromatic carbocycles. The molecule has 0 radical (unpaired) electrons. The molecule has 4 nitrogen and oxygen atoms in total. The Morgan fingerprint density at radius 2 is 1.85 bits per heavy atom. The van der Waals surface area contributed by atoms with Crippen LogP contribution in [0.1, 0.15) is 5.56 Å². The number of non-ortho nitro benzene ring substituents is 1. The summed E-state index contributed by atoms with van der Waals surface area (Å²) < 4.78 is 26.9. The minimum Gasteiger partial charge on any atom is -0.382 e. The molecule has 0 atom stereocenters. The van der Waals surface area contributed by atoms with Gasteiger partial charge in [-0.3, -0.25) is 10.1 Å². The Balaban J connectivity index is 1.98. The van der Waals surface area contributed by atoms with Crippen LogP contribution in [-0.2, 0) is 6.42 Å². The molecule has 0 heterocycles. The van der Waals surface area contributed by atoms with Crippen molar-refractivity contribution >= 4 is 11.4 Å². The van der Waals surface area contributed by atoms with E-state index < -0.39 is 10.7 Å².